The average molecular weight is 416 g/mol. The van der Waals surface area contributed by atoms with Gasteiger partial charge in [0.1, 0.15) is 11.5 Å². The SMILES string of the molecule is O=C(Nc1cccc(C(F)(F)F)n1)Nc1ccnc2cc(C3CCOCC3)ccc12. The molecule has 9 heteroatoms. The highest BCUT2D eigenvalue weighted by Gasteiger charge is 2.32. The molecule has 156 valence electrons. The maximum absolute atomic E-state index is 12.8. The number of carbonyl (C=O) groups is 1. The van der Waals surface area contributed by atoms with E-state index in [1.165, 1.54) is 17.7 Å². The fourth-order valence-electron chi connectivity index (χ4n) is 3.49. The van der Waals surface area contributed by atoms with Gasteiger partial charge < -0.3 is 10.1 Å². The summed E-state index contributed by atoms with van der Waals surface area (Å²) in [5, 5.41) is 5.73. The molecule has 0 aliphatic carbocycles. The number of amides is 2. The van der Waals surface area contributed by atoms with Gasteiger partial charge in [-0.25, -0.2) is 9.78 Å². The van der Waals surface area contributed by atoms with Crippen LogP contribution in [0.15, 0.2) is 48.7 Å². The summed E-state index contributed by atoms with van der Waals surface area (Å²) in [4.78, 5) is 20.1. The molecule has 1 fully saturated rings. The van der Waals surface area contributed by atoms with E-state index in [0.717, 1.165) is 43.0 Å². The normalized spacial score (nSPS) is 15.2. The molecule has 1 aliphatic rings. The number of alkyl halides is 3. The van der Waals surface area contributed by atoms with Crippen LogP contribution in [-0.4, -0.2) is 29.2 Å². The first-order chi connectivity index (χ1) is 14.4. The number of pyridine rings is 2. The second-order valence-electron chi connectivity index (χ2n) is 7.01. The topological polar surface area (TPSA) is 76.1 Å². The molecular weight excluding hydrogens is 397 g/mol. The first-order valence-electron chi connectivity index (χ1n) is 9.49. The maximum Gasteiger partial charge on any atom is 0.433 e. The Balaban J connectivity index is 1.51. The van der Waals surface area contributed by atoms with Gasteiger partial charge in [0.25, 0.3) is 0 Å². The van der Waals surface area contributed by atoms with Crippen LogP contribution in [0.4, 0.5) is 29.5 Å². The molecule has 0 atom stereocenters. The van der Waals surface area contributed by atoms with Crippen molar-refractivity contribution < 1.29 is 22.7 Å². The van der Waals surface area contributed by atoms with Crippen molar-refractivity contribution >= 4 is 28.4 Å². The summed E-state index contributed by atoms with van der Waals surface area (Å²) >= 11 is 0. The number of ether oxygens (including phenoxy) is 1. The van der Waals surface area contributed by atoms with E-state index in [1.807, 2.05) is 18.2 Å². The quantitative estimate of drug-likeness (QED) is 0.616. The van der Waals surface area contributed by atoms with Gasteiger partial charge in [-0.3, -0.25) is 10.3 Å². The third kappa shape index (κ3) is 4.51. The Hall–Kier alpha value is -3.20. The fraction of sp³-hybridized carbons (Fsp3) is 0.286. The Kier molecular flexibility index (Phi) is 5.54. The predicted molar refractivity (Wildman–Crippen MR) is 106 cm³/mol. The van der Waals surface area contributed by atoms with Crippen molar-refractivity contribution in [1.29, 1.82) is 0 Å². The van der Waals surface area contributed by atoms with E-state index in [0.29, 0.717) is 11.6 Å². The molecule has 3 aromatic rings. The van der Waals surface area contributed by atoms with Crippen LogP contribution in [0.1, 0.15) is 30.0 Å². The molecule has 1 saturated heterocycles. The molecule has 0 saturated carbocycles. The van der Waals surface area contributed by atoms with Crippen molar-refractivity contribution in [2.75, 3.05) is 23.8 Å². The van der Waals surface area contributed by atoms with Crippen LogP contribution in [0, 0.1) is 0 Å². The standard InChI is InChI=1S/C21H19F3N4O2/c22-21(23,24)18-2-1-3-19(27-18)28-20(29)26-16-6-9-25-17-12-14(4-5-15(16)17)13-7-10-30-11-8-13/h1-6,9,12-13H,7-8,10-11H2,(H2,25,26,27,28,29). The van der Waals surface area contributed by atoms with E-state index >= 15 is 0 Å². The fourth-order valence-corrected chi connectivity index (χ4v) is 3.49. The van der Waals surface area contributed by atoms with Gasteiger partial charge in [-0.15, -0.1) is 0 Å². The Labute approximate surface area is 170 Å². The number of anilines is 2. The second kappa shape index (κ2) is 8.27. The van der Waals surface area contributed by atoms with Crippen molar-refractivity contribution in [1.82, 2.24) is 9.97 Å². The third-order valence-electron chi connectivity index (χ3n) is 4.99. The van der Waals surface area contributed by atoms with E-state index in [1.54, 1.807) is 12.3 Å². The number of urea groups is 1. The van der Waals surface area contributed by atoms with Gasteiger partial charge in [0, 0.05) is 24.8 Å². The number of nitrogens with one attached hydrogen (secondary N) is 2. The zero-order chi connectivity index (χ0) is 21.1. The third-order valence-corrected chi connectivity index (χ3v) is 4.99. The lowest BCUT2D eigenvalue weighted by atomic mass is 9.91. The van der Waals surface area contributed by atoms with Crippen LogP contribution >= 0.6 is 0 Å². The summed E-state index contributed by atoms with van der Waals surface area (Å²) in [5.74, 6) is 0.222. The maximum atomic E-state index is 12.8. The molecule has 4 rings (SSSR count). The van der Waals surface area contributed by atoms with Crippen LogP contribution < -0.4 is 10.6 Å². The zero-order valence-corrected chi connectivity index (χ0v) is 15.9. The summed E-state index contributed by atoms with van der Waals surface area (Å²) in [6.45, 7) is 1.48. The molecule has 0 unspecified atom stereocenters. The Morgan fingerprint density at radius 1 is 1.07 bits per heavy atom. The number of fused-ring (bicyclic) bond motifs is 1. The number of nitrogens with zero attached hydrogens (tertiary/aromatic N) is 2. The molecule has 2 amide bonds. The van der Waals surface area contributed by atoms with Crippen molar-refractivity contribution in [2.24, 2.45) is 0 Å². The summed E-state index contributed by atoms with van der Waals surface area (Å²) < 4.78 is 43.8. The lowest BCUT2D eigenvalue weighted by Gasteiger charge is -2.22. The van der Waals surface area contributed by atoms with Gasteiger partial charge in [-0.2, -0.15) is 13.2 Å². The minimum atomic E-state index is -4.59. The number of hydrogen-bond acceptors (Lipinski definition) is 4. The van der Waals surface area contributed by atoms with E-state index in [2.05, 4.69) is 20.6 Å². The number of halogens is 3. The molecule has 30 heavy (non-hydrogen) atoms. The minimum absolute atomic E-state index is 0.192. The molecule has 0 spiro atoms. The highest BCUT2D eigenvalue weighted by molar-refractivity contribution is 6.05. The van der Waals surface area contributed by atoms with Crippen molar-refractivity contribution in [3.63, 3.8) is 0 Å². The Morgan fingerprint density at radius 2 is 1.87 bits per heavy atom. The average Bonchev–Trinajstić information content (AvgIpc) is 2.74. The number of rotatable bonds is 3. The van der Waals surface area contributed by atoms with Gasteiger partial charge in [0.15, 0.2) is 0 Å². The van der Waals surface area contributed by atoms with E-state index in [-0.39, 0.29) is 5.82 Å². The lowest BCUT2D eigenvalue weighted by molar-refractivity contribution is -0.141. The monoisotopic (exact) mass is 416 g/mol. The summed E-state index contributed by atoms with van der Waals surface area (Å²) in [6, 6.07) is 10.2. The van der Waals surface area contributed by atoms with Crippen LogP contribution in [0.5, 0.6) is 0 Å². The van der Waals surface area contributed by atoms with Crippen molar-refractivity contribution in [3.05, 3.63) is 59.9 Å². The van der Waals surface area contributed by atoms with E-state index in [9.17, 15) is 18.0 Å². The molecule has 6 nitrogen and oxygen atoms in total. The Morgan fingerprint density at radius 3 is 2.63 bits per heavy atom. The lowest BCUT2D eigenvalue weighted by Crippen LogP contribution is -2.21. The molecule has 0 bridgehead atoms. The minimum Gasteiger partial charge on any atom is -0.381 e. The molecular formula is C21H19F3N4O2. The number of aromatic nitrogens is 2. The number of benzene rings is 1. The van der Waals surface area contributed by atoms with Crippen LogP contribution in [0.25, 0.3) is 10.9 Å². The van der Waals surface area contributed by atoms with E-state index < -0.39 is 17.9 Å². The van der Waals surface area contributed by atoms with Gasteiger partial charge in [-0.05, 0) is 48.6 Å². The van der Waals surface area contributed by atoms with Gasteiger partial charge in [-0.1, -0.05) is 18.2 Å². The zero-order valence-electron chi connectivity index (χ0n) is 15.9. The Bertz CT molecular complexity index is 1070. The van der Waals surface area contributed by atoms with Gasteiger partial charge in [0.2, 0.25) is 0 Å². The van der Waals surface area contributed by atoms with Crippen LogP contribution in [-0.2, 0) is 10.9 Å². The molecule has 1 aliphatic heterocycles. The molecule has 1 aromatic carbocycles. The molecule has 0 radical (unpaired) electrons. The van der Waals surface area contributed by atoms with Gasteiger partial charge >= 0.3 is 12.2 Å². The van der Waals surface area contributed by atoms with E-state index in [4.69, 9.17) is 4.74 Å². The first kappa shape index (κ1) is 20.1. The summed E-state index contributed by atoms with van der Waals surface area (Å²) in [5.41, 5.74) is 1.33. The number of carbonyl (C=O) groups excluding carboxylic acids is 1. The highest BCUT2D eigenvalue weighted by atomic mass is 19.4. The largest absolute Gasteiger partial charge is 0.433 e. The van der Waals surface area contributed by atoms with Crippen molar-refractivity contribution in [3.8, 4) is 0 Å². The highest BCUT2D eigenvalue weighted by Crippen LogP contribution is 2.31. The van der Waals surface area contributed by atoms with Crippen molar-refractivity contribution in [2.45, 2.75) is 24.9 Å². The number of hydrogen-bond donors (Lipinski definition) is 2. The summed E-state index contributed by atoms with van der Waals surface area (Å²) in [6.07, 6.45) is -1.10. The van der Waals surface area contributed by atoms with Crippen LogP contribution in [0.2, 0.25) is 0 Å². The predicted octanol–water partition coefficient (Wildman–Crippen LogP) is 5.19. The second-order valence-corrected chi connectivity index (χ2v) is 7.01. The van der Waals surface area contributed by atoms with Gasteiger partial charge in [0.05, 0.1) is 11.2 Å². The van der Waals surface area contributed by atoms with Crippen LogP contribution in [0.3, 0.4) is 0 Å². The molecule has 3 heterocycles. The molecule has 2 N–H and O–H groups in total. The smallest absolute Gasteiger partial charge is 0.381 e. The molecule has 2 aromatic heterocycles. The first-order valence-corrected chi connectivity index (χ1v) is 9.49. The summed E-state index contributed by atoms with van der Waals surface area (Å²) in [7, 11) is 0.